The Morgan fingerprint density at radius 1 is 1.00 bits per heavy atom. The highest BCUT2D eigenvalue weighted by Crippen LogP contribution is 2.24. The van der Waals surface area contributed by atoms with E-state index in [2.05, 4.69) is 43.4 Å². The minimum Gasteiger partial charge on any atom is -0.307 e. The molecule has 2 aromatic carbocycles. The summed E-state index contributed by atoms with van der Waals surface area (Å²) in [5.74, 6) is -0.146. The predicted molar refractivity (Wildman–Crippen MR) is 87.1 cm³/mol. The summed E-state index contributed by atoms with van der Waals surface area (Å²) in [6, 6.07) is 14.2. The molecule has 1 atom stereocenters. The van der Waals surface area contributed by atoms with E-state index in [0.29, 0.717) is 5.56 Å². The molecule has 0 fully saturated rings. The first kappa shape index (κ1) is 15.7. The van der Waals surface area contributed by atoms with Crippen molar-refractivity contribution in [2.75, 3.05) is 6.54 Å². The first-order chi connectivity index (χ1) is 10.2. The number of hydrogen-bond donors (Lipinski definition) is 1. The van der Waals surface area contributed by atoms with Crippen molar-refractivity contribution in [2.24, 2.45) is 0 Å². The van der Waals surface area contributed by atoms with Gasteiger partial charge < -0.3 is 5.32 Å². The van der Waals surface area contributed by atoms with Gasteiger partial charge >= 0.3 is 0 Å². The summed E-state index contributed by atoms with van der Waals surface area (Å²) < 4.78 is 13.5. The zero-order chi connectivity index (χ0) is 15.2. The van der Waals surface area contributed by atoms with Crippen LogP contribution in [0.4, 0.5) is 4.39 Å². The average Bonchev–Trinajstić information content (AvgIpc) is 2.49. The minimum atomic E-state index is -0.146. The van der Waals surface area contributed by atoms with Gasteiger partial charge in [0.2, 0.25) is 0 Å². The van der Waals surface area contributed by atoms with Crippen molar-refractivity contribution in [1.82, 2.24) is 5.32 Å². The highest BCUT2D eigenvalue weighted by atomic mass is 19.1. The minimum absolute atomic E-state index is 0.116. The first-order valence-corrected chi connectivity index (χ1v) is 7.74. The van der Waals surface area contributed by atoms with Crippen LogP contribution in [0.1, 0.15) is 48.6 Å². The quantitative estimate of drug-likeness (QED) is 0.805. The van der Waals surface area contributed by atoms with Crippen LogP contribution in [0.2, 0.25) is 0 Å². The van der Waals surface area contributed by atoms with Crippen LogP contribution in [-0.2, 0) is 6.42 Å². The molecule has 0 saturated carbocycles. The van der Waals surface area contributed by atoms with E-state index in [1.807, 2.05) is 19.1 Å². The van der Waals surface area contributed by atoms with Gasteiger partial charge in [0.15, 0.2) is 0 Å². The number of nitrogens with one attached hydrogen (secondary N) is 1. The molecule has 0 aliphatic heterocycles. The molecule has 2 aromatic rings. The van der Waals surface area contributed by atoms with Crippen LogP contribution in [0, 0.1) is 12.7 Å². The Kier molecular flexibility index (Phi) is 5.51. The SMILES string of the molecule is CCCc1ccc(C(NCC)c2ccc(F)c(C)c2)cc1. The van der Waals surface area contributed by atoms with Gasteiger partial charge in [0.05, 0.1) is 6.04 Å². The largest absolute Gasteiger partial charge is 0.307 e. The molecule has 0 aromatic heterocycles. The third-order valence-corrected chi connectivity index (χ3v) is 3.78. The van der Waals surface area contributed by atoms with E-state index in [0.717, 1.165) is 24.9 Å². The maximum absolute atomic E-state index is 13.5. The van der Waals surface area contributed by atoms with Gasteiger partial charge in [0.1, 0.15) is 5.82 Å². The molecule has 0 bridgehead atoms. The Balaban J connectivity index is 2.31. The first-order valence-electron chi connectivity index (χ1n) is 7.74. The Bertz CT molecular complexity index is 575. The number of halogens is 1. The number of hydrogen-bond acceptors (Lipinski definition) is 1. The molecular weight excluding hydrogens is 261 g/mol. The summed E-state index contributed by atoms with van der Waals surface area (Å²) in [7, 11) is 0. The van der Waals surface area contributed by atoms with Gasteiger partial charge in [-0.15, -0.1) is 0 Å². The lowest BCUT2D eigenvalue weighted by molar-refractivity contribution is 0.606. The second-order valence-electron chi connectivity index (χ2n) is 5.49. The second kappa shape index (κ2) is 7.37. The van der Waals surface area contributed by atoms with Crippen LogP contribution in [0.5, 0.6) is 0 Å². The number of benzene rings is 2. The number of aryl methyl sites for hydroxylation is 2. The van der Waals surface area contributed by atoms with E-state index in [9.17, 15) is 4.39 Å². The Labute approximate surface area is 127 Å². The van der Waals surface area contributed by atoms with E-state index in [1.165, 1.54) is 11.1 Å². The van der Waals surface area contributed by atoms with Gasteiger partial charge in [-0.25, -0.2) is 4.39 Å². The molecule has 0 heterocycles. The van der Waals surface area contributed by atoms with Crippen molar-refractivity contribution in [1.29, 1.82) is 0 Å². The van der Waals surface area contributed by atoms with Crippen molar-refractivity contribution >= 4 is 0 Å². The summed E-state index contributed by atoms with van der Waals surface area (Å²) in [5, 5.41) is 3.49. The summed E-state index contributed by atoms with van der Waals surface area (Å²) in [6.45, 7) is 6.97. The maximum atomic E-state index is 13.5. The van der Waals surface area contributed by atoms with Crippen molar-refractivity contribution in [3.8, 4) is 0 Å². The van der Waals surface area contributed by atoms with E-state index >= 15 is 0 Å². The van der Waals surface area contributed by atoms with Gasteiger partial charge in [-0.1, -0.05) is 56.7 Å². The lowest BCUT2D eigenvalue weighted by Gasteiger charge is -2.20. The number of rotatable bonds is 6. The highest BCUT2D eigenvalue weighted by Gasteiger charge is 2.14. The predicted octanol–water partition coefficient (Wildman–Crippen LogP) is 4.79. The molecule has 1 unspecified atom stereocenters. The van der Waals surface area contributed by atoms with Gasteiger partial charge in [0, 0.05) is 0 Å². The van der Waals surface area contributed by atoms with Crippen LogP contribution in [0.15, 0.2) is 42.5 Å². The van der Waals surface area contributed by atoms with Crippen molar-refractivity contribution in [2.45, 2.75) is 39.7 Å². The topological polar surface area (TPSA) is 12.0 Å². The van der Waals surface area contributed by atoms with E-state index in [1.54, 1.807) is 6.07 Å². The molecule has 112 valence electrons. The molecule has 0 radical (unpaired) electrons. The second-order valence-corrected chi connectivity index (χ2v) is 5.49. The summed E-state index contributed by atoms with van der Waals surface area (Å²) in [4.78, 5) is 0. The summed E-state index contributed by atoms with van der Waals surface area (Å²) >= 11 is 0. The lowest BCUT2D eigenvalue weighted by atomic mass is 9.95. The fraction of sp³-hybridized carbons (Fsp3) is 0.368. The zero-order valence-electron chi connectivity index (χ0n) is 13.1. The Hall–Kier alpha value is -1.67. The Morgan fingerprint density at radius 3 is 2.24 bits per heavy atom. The normalized spacial score (nSPS) is 12.4. The Morgan fingerprint density at radius 2 is 1.67 bits per heavy atom. The lowest BCUT2D eigenvalue weighted by Crippen LogP contribution is -2.22. The monoisotopic (exact) mass is 285 g/mol. The average molecular weight is 285 g/mol. The third kappa shape index (κ3) is 3.92. The molecule has 0 aliphatic carbocycles. The molecule has 1 nitrogen and oxygen atoms in total. The molecule has 0 saturated heterocycles. The smallest absolute Gasteiger partial charge is 0.126 e. The maximum Gasteiger partial charge on any atom is 0.126 e. The molecule has 0 amide bonds. The van der Waals surface area contributed by atoms with Gasteiger partial charge in [0.25, 0.3) is 0 Å². The van der Waals surface area contributed by atoms with Gasteiger partial charge in [-0.2, -0.15) is 0 Å². The molecule has 0 aliphatic rings. The standard InChI is InChI=1S/C19H24FN/c1-4-6-15-7-9-16(10-8-15)19(21-5-2)17-11-12-18(20)14(3)13-17/h7-13,19,21H,4-6H2,1-3H3. The summed E-state index contributed by atoms with van der Waals surface area (Å²) in [5.41, 5.74) is 4.39. The van der Waals surface area contributed by atoms with Gasteiger partial charge in [-0.05, 0) is 48.2 Å². The van der Waals surface area contributed by atoms with Crippen LogP contribution >= 0.6 is 0 Å². The molecule has 2 heteroatoms. The van der Waals surface area contributed by atoms with E-state index < -0.39 is 0 Å². The van der Waals surface area contributed by atoms with Crippen molar-refractivity contribution in [3.05, 3.63) is 70.5 Å². The van der Waals surface area contributed by atoms with E-state index in [4.69, 9.17) is 0 Å². The fourth-order valence-electron chi connectivity index (χ4n) is 2.65. The van der Waals surface area contributed by atoms with Crippen LogP contribution < -0.4 is 5.32 Å². The van der Waals surface area contributed by atoms with E-state index in [-0.39, 0.29) is 11.9 Å². The molecule has 1 N–H and O–H groups in total. The molecule has 21 heavy (non-hydrogen) atoms. The molecular formula is C19H24FN. The van der Waals surface area contributed by atoms with Crippen LogP contribution in [-0.4, -0.2) is 6.54 Å². The highest BCUT2D eigenvalue weighted by molar-refractivity contribution is 5.35. The van der Waals surface area contributed by atoms with Crippen molar-refractivity contribution < 1.29 is 4.39 Å². The summed E-state index contributed by atoms with van der Waals surface area (Å²) in [6.07, 6.45) is 2.27. The molecule has 2 rings (SSSR count). The van der Waals surface area contributed by atoms with Crippen LogP contribution in [0.25, 0.3) is 0 Å². The van der Waals surface area contributed by atoms with Crippen LogP contribution in [0.3, 0.4) is 0 Å². The van der Waals surface area contributed by atoms with Crippen molar-refractivity contribution in [3.63, 3.8) is 0 Å². The third-order valence-electron chi connectivity index (χ3n) is 3.78. The fourth-order valence-corrected chi connectivity index (χ4v) is 2.65. The van der Waals surface area contributed by atoms with Gasteiger partial charge in [-0.3, -0.25) is 0 Å². The zero-order valence-corrected chi connectivity index (χ0v) is 13.1. The molecule has 0 spiro atoms.